The number of halogens is 2. The van der Waals surface area contributed by atoms with Gasteiger partial charge in [0.2, 0.25) is 0 Å². The normalized spacial score (nSPS) is 15.3. The van der Waals surface area contributed by atoms with Gasteiger partial charge in [0.15, 0.2) is 11.5 Å². The molecule has 2 aromatic carbocycles. The van der Waals surface area contributed by atoms with Crippen molar-refractivity contribution in [3.63, 3.8) is 0 Å². The third kappa shape index (κ3) is 5.45. The molecule has 29 heavy (non-hydrogen) atoms. The quantitative estimate of drug-likeness (QED) is 0.231. The lowest BCUT2D eigenvalue weighted by Gasteiger charge is -2.15. The molecule has 0 unspecified atom stereocenters. The summed E-state index contributed by atoms with van der Waals surface area (Å²) in [5, 5.41) is 0.672. The van der Waals surface area contributed by atoms with E-state index < -0.39 is 0 Å². The standard InChI is InChI=1S/C21H19ClINO3S2/c1-3-24-20(25)18(29-21(24)28)11-14-9-16(23)19(17(10-14)26-4-2)27-12-13-6-5-7-15(22)8-13/h5-11H,3-4,12H2,1-2H3/b18-11-. The Labute approximate surface area is 198 Å². The largest absolute Gasteiger partial charge is 0.490 e. The molecule has 1 saturated heterocycles. The second-order valence-corrected chi connectivity index (χ2v) is 9.38. The molecule has 8 heteroatoms. The Morgan fingerprint density at radius 3 is 2.69 bits per heavy atom. The van der Waals surface area contributed by atoms with Gasteiger partial charge in [-0.25, -0.2) is 0 Å². The summed E-state index contributed by atoms with van der Waals surface area (Å²) in [4.78, 5) is 14.7. The van der Waals surface area contributed by atoms with Crippen molar-refractivity contribution in [1.82, 2.24) is 4.90 Å². The van der Waals surface area contributed by atoms with Crippen molar-refractivity contribution in [3.05, 3.63) is 61.0 Å². The molecule has 0 aliphatic carbocycles. The van der Waals surface area contributed by atoms with E-state index in [0.717, 1.165) is 14.7 Å². The van der Waals surface area contributed by atoms with Crippen LogP contribution in [0.2, 0.25) is 5.02 Å². The first-order valence-corrected chi connectivity index (χ1v) is 11.7. The summed E-state index contributed by atoms with van der Waals surface area (Å²) in [5.41, 5.74) is 1.84. The summed E-state index contributed by atoms with van der Waals surface area (Å²) in [6, 6.07) is 11.4. The predicted molar refractivity (Wildman–Crippen MR) is 132 cm³/mol. The van der Waals surface area contributed by atoms with Gasteiger partial charge in [-0.1, -0.05) is 47.7 Å². The van der Waals surface area contributed by atoms with Crippen molar-refractivity contribution < 1.29 is 14.3 Å². The Hall–Kier alpha value is -1.29. The molecule has 1 heterocycles. The van der Waals surface area contributed by atoms with Crippen LogP contribution in [0.4, 0.5) is 0 Å². The van der Waals surface area contributed by atoms with Crippen molar-refractivity contribution in [2.75, 3.05) is 13.2 Å². The zero-order valence-electron chi connectivity index (χ0n) is 15.9. The molecule has 0 atom stereocenters. The minimum atomic E-state index is -0.0586. The van der Waals surface area contributed by atoms with Gasteiger partial charge in [0, 0.05) is 11.6 Å². The first kappa shape index (κ1) is 22.4. The molecular formula is C21H19ClINO3S2. The molecule has 1 amide bonds. The number of nitrogens with zero attached hydrogens (tertiary/aromatic N) is 1. The smallest absolute Gasteiger partial charge is 0.266 e. The number of thioether (sulfide) groups is 1. The Morgan fingerprint density at radius 2 is 2.03 bits per heavy atom. The van der Waals surface area contributed by atoms with Crippen molar-refractivity contribution in [2.24, 2.45) is 0 Å². The van der Waals surface area contributed by atoms with Crippen LogP contribution in [-0.2, 0) is 11.4 Å². The molecule has 0 aromatic heterocycles. The van der Waals surface area contributed by atoms with Crippen LogP contribution < -0.4 is 9.47 Å². The van der Waals surface area contributed by atoms with E-state index in [0.29, 0.717) is 45.5 Å². The first-order valence-electron chi connectivity index (χ1n) is 9.01. The SMILES string of the molecule is CCOc1cc(/C=C2\SC(=S)N(CC)C2=O)cc(I)c1OCc1cccc(Cl)c1. The van der Waals surface area contributed by atoms with Crippen molar-refractivity contribution >= 4 is 74.5 Å². The van der Waals surface area contributed by atoms with Crippen molar-refractivity contribution in [1.29, 1.82) is 0 Å². The van der Waals surface area contributed by atoms with Gasteiger partial charge in [-0.15, -0.1) is 0 Å². The average Bonchev–Trinajstić information content (AvgIpc) is 2.94. The third-order valence-electron chi connectivity index (χ3n) is 4.09. The summed E-state index contributed by atoms with van der Waals surface area (Å²) in [6.45, 7) is 5.29. The summed E-state index contributed by atoms with van der Waals surface area (Å²) >= 11 is 14.9. The summed E-state index contributed by atoms with van der Waals surface area (Å²) < 4.78 is 13.3. The van der Waals surface area contributed by atoms with Crippen LogP contribution in [-0.4, -0.2) is 28.3 Å². The number of thiocarbonyl (C=S) groups is 1. The highest BCUT2D eigenvalue weighted by atomic mass is 127. The van der Waals surface area contributed by atoms with E-state index in [9.17, 15) is 4.79 Å². The predicted octanol–water partition coefficient (Wildman–Crippen LogP) is 6.14. The van der Waals surface area contributed by atoms with Crippen LogP contribution in [0.25, 0.3) is 6.08 Å². The Bertz CT molecular complexity index is 980. The maximum atomic E-state index is 12.5. The first-order chi connectivity index (χ1) is 13.9. The van der Waals surface area contributed by atoms with Gasteiger partial charge in [0.25, 0.3) is 5.91 Å². The van der Waals surface area contributed by atoms with Gasteiger partial charge >= 0.3 is 0 Å². The van der Waals surface area contributed by atoms with E-state index in [1.54, 1.807) is 4.90 Å². The van der Waals surface area contributed by atoms with Crippen LogP contribution >= 0.6 is 58.2 Å². The van der Waals surface area contributed by atoms with E-state index in [-0.39, 0.29) is 5.91 Å². The molecule has 152 valence electrons. The molecule has 4 nitrogen and oxygen atoms in total. The molecule has 0 spiro atoms. The zero-order valence-corrected chi connectivity index (χ0v) is 20.5. The van der Waals surface area contributed by atoms with Crippen LogP contribution in [0, 0.1) is 3.57 Å². The van der Waals surface area contributed by atoms with Gasteiger partial charge in [0.1, 0.15) is 10.9 Å². The number of amides is 1. The van der Waals surface area contributed by atoms with E-state index in [4.69, 9.17) is 33.3 Å². The molecule has 2 aromatic rings. The van der Waals surface area contributed by atoms with Crippen molar-refractivity contribution in [3.8, 4) is 11.5 Å². The number of hydrogen-bond acceptors (Lipinski definition) is 5. The fraction of sp³-hybridized carbons (Fsp3) is 0.238. The number of likely N-dealkylation sites (N-methyl/N-ethyl adjacent to an activating group) is 1. The molecule has 1 aliphatic heterocycles. The summed E-state index contributed by atoms with van der Waals surface area (Å²) in [5.74, 6) is 1.25. The lowest BCUT2D eigenvalue weighted by atomic mass is 10.1. The highest BCUT2D eigenvalue weighted by Gasteiger charge is 2.30. The lowest BCUT2D eigenvalue weighted by molar-refractivity contribution is -0.121. The molecule has 0 bridgehead atoms. The summed E-state index contributed by atoms with van der Waals surface area (Å²) in [7, 11) is 0. The minimum absolute atomic E-state index is 0.0586. The fourth-order valence-electron chi connectivity index (χ4n) is 2.78. The van der Waals surface area contributed by atoms with E-state index >= 15 is 0 Å². The van der Waals surface area contributed by atoms with E-state index in [2.05, 4.69) is 22.6 Å². The Balaban J connectivity index is 1.87. The molecule has 0 saturated carbocycles. The number of rotatable bonds is 7. The number of ether oxygens (including phenoxy) is 2. The average molecular weight is 560 g/mol. The molecule has 3 rings (SSSR count). The second-order valence-electron chi connectivity index (χ2n) is 6.11. The fourth-order valence-corrected chi connectivity index (χ4v) is 5.16. The van der Waals surface area contributed by atoms with Gasteiger partial charge in [-0.05, 0) is 77.9 Å². The Kier molecular flexibility index (Phi) is 7.84. The van der Waals surface area contributed by atoms with Crippen LogP contribution in [0.1, 0.15) is 25.0 Å². The summed E-state index contributed by atoms with van der Waals surface area (Å²) in [6.07, 6.45) is 1.85. The lowest BCUT2D eigenvalue weighted by Crippen LogP contribution is -2.27. The molecular weight excluding hydrogens is 541 g/mol. The highest BCUT2D eigenvalue weighted by molar-refractivity contribution is 14.1. The molecule has 0 radical (unpaired) electrons. The highest BCUT2D eigenvalue weighted by Crippen LogP contribution is 2.38. The van der Waals surface area contributed by atoms with Crippen LogP contribution in [0.15, 0.2) is 41.3 Å². The van der Waals surface area contributed by atoms with Gasteiger partial charge < -0.3 is 9.47 Å². The monoisotopic (exact) mass is 559 g/mol. The Morgan fingerprint density at radius 1 is 1.24 bits per heavy atom. The van der Waals surface area contributed by atoms with Crippen LogP contribution in [0.3, 0.4) is 0 Å². The molecule has 1 fully saturated rings. The number of benzene rings is 2. The maximum Gasteiger partial charge on any atom is 0.266 e. The number of carbonyl (C=O) groups is 1. The van der Waals surface area contributed by atoms with Gasteiger partial charge in [-0.3, -0.25) is 9.69 Å². The molecule has 1 aliphatic rings. The van der Waals surface area contributed by atoms with Gasteiger partial charge in [0.05, 0.1) is 15.1 Å². The number of carbonyl (C=O) groups excluding carboxylic acids is 1. The molecule has 0 N–H and O–H groups in total. The maximum absolute atomic E-state index is 12.5. The van der Waals surface area contributed by atoms with E-state index in [1.807, 2.05) is 56.3 Å². The van der Waals surface area contributed by atoms with Gasteiger partial charge in [-0.2, -0.15) is 0 Å². The minimum Gasteiger partial charge on any atom is -0.490 e. The third-order valence-corrected chi connectivity index (χ3v) is 6.51. The van der Waals surface area contributed by atoms with Crippen LogP contribution in [0.5, 0.6) is 11.5 Å². The topological polar surface area (TPSA) is 38.8 Å². The zero-order chi connectivity index (χ0) is 21.0. The second kappa shape index (κ2) is 10.1. The number of hydrogen-bond donors (Lipinski definition) is 0. The van der Waals surface area contributed by atoms with E-state index in [1.165, 1.54) is 11.8 Å². The van der Waals surface area contributed by atoms with Crippen molar-refractivity contribution in [2.45, 2.75) is 20.5 Å².